The lowest BCUT2D eigenvalue weighted by atomic mass is 10.2. The third-order valence-corrected chi connectivity index (χ3v) is 2.54. The minimum absolute atomic E-state index is 0.104. The monoisotopic (exact) mass is 186 g/mol. The van der Waals surface area contributed by atoms with Crippen molar-refractivity contribution >= 4 is 5.91 Å². The third-order valence-electron chi connectivity index (χ3n) is 2.54. The molecule has 0 bridgehead atoms. The number of nitrogens with zero attached hydrogens (tertiary/aromatic N) is 2. The van der Waals surface area contributed by atoms with E-state index in [2.05, 4.69) is 0 Å². The molecule has 1 fully saturated rings. The molecule has 0 radical (unpaired) electrons. The van der Waals surface area contributed by atoms with Gasteiger partial charge in [-0.3, -0.25) is 9.69 Å². The Morgan fingerprint density at radius 3 is 2.62 bits per heavy atom. The van der Waals surface area contributed by atoms with Gasteiger partial charge in [-0.1, -0.05) is 0 Å². The predicted octanol–water partition coefficient (Wildman–Crippen LogP) is -0.470. The van der Waals surface area contributed by atoms with Crippen molar-refractivity contribution in [1.82, 2.24) is 9.80 Å². The fraction of sp³-hybridized carbons (Fsp3) is 0.889. The summed E-state index contributed by atoms with van der Waals surface area (Å²) in [6.07, 6.45) is 0.530. The largest absolute Gasteiger partial charge is 0.392 e. The first-order valence-electron chi connectivity index (χ1n) is 4.65. The number of aliphatic hydroxyl groups excluding tert-OH is 1. The van der Waals surface area contributed by atoms with E-state index < -0.39 is 0 Å². The lowest BCUT2D eigenvalue weighted by molar-refractivity contribution is -0.133. The first-order chi connectivity index (χ1) is 6.02. The van der Waals surface area contributed by atoms with Crippen LogP contribution in [-0.4, -0.2) is 60.1 Å². The van der Waals surface area contributed by atoms with Crippen molar-refractivity contribution in [1.29, 1.82) is 0 Å². The number of aliphatic hydroxyl groups is 1. The average molecular weight is 186 g/mol. The number of carbonyl (C=O) groups excluding carboxylic acids is 1. The summed E-state index contributed by atoms with van der Waals surface area (Å²) < 4.78 is 0. The summed E-state index contributed by atoms with van der Waals surface area (Å²) in [5.41, 5.74) is 0. The molecule has 0 aromatic carbocycles. The van der Waals surface area contributed by atoms with E-state index in [0.29, 0.717) is 6.54 Å². The fourth-order valence-corrected chi connectivity index (χ4v) is 1.65. The smallest absolute Gasteiger partial charge is 0.239 e. The summed E-state index contributed by atoms with van der Waals surface area (Å²) in [5.74, 6) is 0.106. The molecular weight excluding hydrogens is 168 g/mol. The van der Waals surface area contributed by atoms with Gasteiger partial charge in [-0.2, -0.15) is 0 Å². The Bertz CT molecular complexity index is 194. The number of likely N-dealkylation sites (N-methyl/N-ethyl adjacent to an activating group) is 1. The van der Waals surface area contributed by atoms with Crippen molar-refractivity contribution in [2.75, 3.05) is 27.2 Å². The van der Waals surface area contributed by atoms with Gasteiger partial charge in [0.25, 0.3) is 0 Å². The molecule has 4 heteroatoms. The molecule has 1 saturated heterocycles. The van der Waals surface area contributed by atoms with Gasteiger partial charge in [0.15, 0.2) is 0 Å². The lowest BCUT2D eigenvalue weighted by Crippen LogP contribution is -2.43. The van der Waals surface area contributed by atoms with E-state index in [0.717, 1.165) is 13.0 Å². The van der Waals surface area contributed by atoms with Gasteiger partial charge < -0.3 is 10.0 Å². The van der Waals surface area contributed by atoms with E-state index >= 15 is 0 Å². The standard InChI is InChI=1S/C9H18N2O2/c1-7(9(13)10(2)3)11-5-4-8(12)6-11/h7-8,12H,4-6H2,1-3H3. The molecule has 2 unspecified atom stereocenters. The van der Waals surface area contributed by atoms with Crippen LogP contribution >= 0.6 is 0 Å². The van der Waals surface area contributed by atoms with Gasteiger partial charge in [0.05, 0.1) is 12.1 Å². The summed E-state index contributed by atoms with van der Waals surface area (Å²) in [4.78, 5) is 15.2. The number of hydrogen-bond donors (Lipinski definition) is 1. The minimum atomic E-state index is -0.252. The molecule has 1 N–H and O–H groups in total. The van der Waals surface area contributed by atoms with Gasteiger partial charge in [0.2, 0.25) is 5.91 Å². The van der Waals surface area contributed by atoms with Crippen LogP contribution in [0.5, 0.6) is 0 Å². The Morgan fingerprint density at radius 1 is 1.62 bits per heavy atom. The molecule has 1 aliphatic rings. The zero-order valence-electron chi connectivity index (χ0n) is 8.53. The summed E-state index contributed by atoms with van der Waals surface area (Å²) in [6, 6.07) is -0.104. The second kappa shape index (κ2) is 4.07. The molecule has 0 aromatic rings. The van der Waals surface area contributed by atoms with E-state index in [-0.39, 0.29) is 18.1 Å². The Morgan fingerprint density at radius 2 is 2.23 bits per heavy atom. The molecule has 0 saturated carbocycles. The zero-order valence-corrected chi connectivity index (χ0v) is 8.53. The van der Waals surface area contributed by atoms with Crippen LogP contribution in [0.3, 0.4) is 0 Å². The maximum absolute atomic E-state index is 11.5. The van der Waals surface area contributed by atoms with Gasteiger partial charge >= 0.3 is 0 Å². The predicted molar refractivity (Wildman–Crippen MR) is 50.4 cm³/mol. The maximum atomic E-state index is 11.5. The van der Waals surface area contributed by atoms with Crippen molar-refractivity contribution in [3.05, 3.63) is 0 Å². The van der Waals surface area contributed by atoms with E-state index in [4.69, 9.17) is 0 Å². The van der Waals surface area contributed by atoms with Gasteiger partial charge in [-0.15, -0.1) is 0 Å². The number of rotatable bonds is 2. The molecule has 76 valence electrons. The SMILES string of the molecule is CC(C(=O)N(C)C)N1CCC(O)C1. The number of amides is 1. The third kappa shape index (κ3) is 2.42. The van der Waals surface area contributed by atoms with Gasteiger partial charge in [0, 0.05) is 27.2 Å². The number of hydrogen-bond acceptors (Lipinski definition) is 3. The number of carbonyl (C=O) groups is 1. The summed E-state index contributed by atoms with van der Waals surface area (Å²) >= 11 is 0. The maximum Gasteiger partial charge on any atom is 0.239 e. The Labute approximate surface area is 79.1 Å². The molecule has 0 aromatic heterocycles. The quantitative estimate of drug-likeness (QED) is 0.634. The van der Waals surface area contributed by atoms with Crippen molar-refractivity contribution in [2.24, 2.45) is 0 Å². The normalized spacial score (nSPS) is 26.0. The van der Waals surface area contributed by atoms with E-state index in [1.165, 1.54) is 0 Å². The Balaban J connectivity index is 2.48. The molecule has 4 nitrogen and oxygen atoms in total. The molecule has 1 aliphatic heterocycles. The van der Waals surface area contributed by atoms with Crippen LogP contribution < -0.4 is 0 Å². The van der Waals surface area contributed by atoms with Crippen molar-refractivity contribution in [2.45, 2.75) is 25.5 Å². The highest BCUT2D eigenvalue weighted by Gasteiger charge is 2.28. The molecule has 13 heavy (non-hydrogen) atoms. The van der Waals surface area contributed by atoms with Crippen LogP contribution in [0.2, 0.25) is 0 Å². The highest BCUT2D eigenvalue weighted by Crippen LogP contribution is 2.13. The average Bonchev–Trinajstić information content (AvgIpc) is 2.49. The van der Waals surface area contributed by atoms with Crippen molar-refractivity contribution in [3.63, 3.8) is 0 Å². The topological polar surface area (TPSA) is 43.8 Å². The van der Waals surface area contributed by atoms with E-state index in [1.807, 2.05) is 11.8 Å². The van der Waals surface area contributed by atoms with Crippen LogP contribution in [0.4, 0.5) is 0 Å². The van der Waals surface area contributed by atoms with Crippen LogP contribution in [0.1, 0.15) is 13.3 Å². The second-order valence-corrected chi connectivity index (χ2v) is 3.85. The van der Waals surface area contributed by atoms with E-state index in [9.17, 15) is 9.90 Å². The molecular formula is C9H18N2O2. The zero-order chi connectivity index (χ0) is 10.0. The van der Waals surface area contributed by atoms with Gasteiger partial charge in [0.1, 0.15) is 0 Å². The van der Waals surface area contributed by atoms with Crippen LogP contribution in [0, 0.1) is 0 Å². The van der Waals surface area contributed by atoms with Crippen molar-refractivity contribution < 1.29 is 9.90 Å². The van der Waals surface area contributed by atoms with Gasteiger partial charge in [-0.05, 0) is 13.3 Å². The lowest BCUT2D eigenvalue weighted by Gasteiger charge is -2.25. The van der Waals surface area contributed by atoms with Gasteiger partial charge in [-0.25, -0.2) is 0 Å². The van der Waals surface area contributed by atoms with Crippen LogP contribution in [0.25, 0.3) is 0 Å². The fourth-order valence-electron chi connectivity index (χ4n) is 1.65. The minimum Gasteiger partial charge on any atom is -0.392 e. The Kier molecular flexibility index (Phi) is 3.27. The number of β-amino-alcohol motifs (C(OH)–C–C–N with tert-alkyl or cyclic N) is 1. The summed E-state index contributed by atoms with van der Waals surface area (Å²) in [5, 5.41) is 9.30. The first kappa shape index (κ1) is 10.5. The molecule has 0 aliphatic carbocycles. The van der Waals surface area contributed by atoms with E-state index in [1.54, 1.807) is 19.0 Å². The highest BCUT2D eigenvalue weighted by molar-refractivity contribution is 5.80. The highest BCUT2D eigenvalue weighted by atomic mass is 16.3. The van der Waals surface area contributed by atoms with Crippen molar-refractivity contribution in [3.8, 4) is 0 Å². The molecule has 0 spiro atoms. The molecule has 2 atom stereocenters. The number of likely N-dealkylation sites (tertiary alicyclic amines) is 1. The molecule has 1 amide bonds. The van der Waals surface area contributed by atoms with Crippen LogP contribution in [0.15, 0.2) is 0 Å². The second-order valence-electron chi connectivity index (χ2n) is 3.85. The first-order valence-corrected chi connectivity index (χ1v) is 4.65. The summed E-state index contributed by atoms with van der Waals surface area (Å²) in [6.45, 7) is 3.34. The Hall–Kier alpha value is -0.610. The molecule has 1 rings (SSSR count). The molecule has 1 heterocycles. The van der Waals surface area contributed by atoms with Crippen LogP contribution in [-0.2, 0) is 4.79 Å². The summed E-state index contributed by atoms with van der Waals surface area (Å²) in [7, 11) is 3.51.